The molecule has 0 radical (unpaired) electrons. The normalized spacial score (nSPS) is 49.8. The van der Waals surface area contributed by atoms with Gasteiger partial charge in [0, 0.05) is 12.1 Å². The fourth-order valence-electron chi connectivity index (χ4n) is 3.99. The molecule has 3 aliphatic rings. The highest BCUT2D eigenvalue weighted by atomic mass is 16.3. The average molecular weight is 209 g/mol. The van der Waals surface area contributed by atoms with Gasteiger partial charge in [-0.15, -0.1) is 0 Å². The van der Waals surface area contributed by atoms with E-state index in [1.807, 2.05) is 0 Å². The highest BCUT2D eigenvalue weighted by Crippen LogP contribution is 2.44. The van der Waals surface area contributed by atoms with Gasteiger partial charge in [-0.2, -0.15) is 0 Å². The van der Waals surface area contributed by atoms with E-state index >= 15 is 0 Å². The van der Waals surface area contributed by atoms with Gasteiger partial charge in [-0.3, -0.25) is 0 Å². The van der Waals surface area contributed by atoms with Gasteiger partial charge in [-0.05, 0) is 56.8 Å². The minimum Gasteiger partial charge on any atom is -0.393 e. The van der Waals surface area contributed by atoms with Crippen molar-refractivity contribution in [3.05, 3.63) is 0 Å². The highest BCUT2D eigenvalue weighted by Gasteiger charge is 2.40. The standard InChI is InChI=1S/C13H23NO/c15-12-5-3-11(4-6-12)14-13-8-9-1-2-10(13)7-9/h9-15H,1-8H2/t9-,10+,11?,12?,13+/m0/s1. The fourth-order valence-corrected chi connectivity index (χ4v) is 3.99. The Labute approximate surface area is 92.4 Å². The van der Waals surface area contributed by atoms with Crippen molar-refractivity contribution in [3.8, 4) is 0 Å². The average Bonchev–Trinajstić information content (AvgIpc) is 2.83. The van der Waals surface area contributed by atoms with Gasteiger partial charge < -0.3 is 10.4 Å². The van der Waals surface area contributed by atoms with Crippen LogP contribution in [0, 0.1) is 11.8 Å². The molecule has 0 unspecified atom stereocenters. The van der Waals surface area contributed by atoms with E-state index in [0.29, 0.717) is 6.04 Å². The molecule has 2 bridgehead atoms. The van der Waals surface area contributed by atoms with E-state index in [1.54, 1.807) is 0 Å². The number of rotatable bonds is 2. The molecule has 0 aromatic carbocycles. The van der Waals surface area contributed by atoms with Gasteiger partial charge in [0.25, 0.3) is 0 Å². The van der Waals surface area contributed by atoms with Crippen LogP contribution in [0.5, 0.6) is 0 Å². The molecule has 2 heteroatoms. The molecule has 2 N–H and O–H groups in total. The van der Waals surface area contributed by atoms with Crippen LogP contribution in [-0.2, 0) is 0 Å². The third-order valence-electron chi connectivity index (χ3n) is 4.88. The van der Waals surface area contributed by atoms with Gasteiger partial charge in [0.2, 0.25) is 0 Å². The molecule has 3 fully saturated rings. The lowest BCUT2D eigenvalue weighted by Crippen LogP contribution is -2.43. The van der Waals surface area contributed by atoms with E-state index in [1.165, 1.54) is 38.5 Å². The van der Waals surface area contributed by atoms with Gasteiger partial charge in [0.15, 0.2) is 0 Å². The lowest BCUT2D eigenvalue weighted by molar-refractivity contribution is 0.111. The number of hydrogen-bond donors (Lipinski definition) is 2. The summed E-state index contributed by atoms with van der Waals surface area (Å²) < 4.78 is 0. The quantitative estimate of drug-likeness (QED) is 0.729. The number of aliphatic hydroxyl groups excluding tert-OH is 1. The van der Waals surface area contributed by atoms with Crippen LogP contribution in [0.25, 0.3) is 0 Å². The molecular weight excluding hydrogens is 186 g/mol. The zero-order chi connectivity index (χ0) is 10.3. The fraction of sp³-hybridized carbons (Fsp3) is 1.00. The summed E-state index contributed by atoms with van der Waals surface area (Å²) in [6, 6.07) is 1.53. The van der Waals surface area contributed by atoms with Gasteiger partial charge in [0.05, 0.1) is 6.10 Å². The summed E-state index contributed by atoms with van der Waals surface area (Å²) in [5.41, 5.74) is 0. The zero-order valence-corrected chi connectivity index (χ0v) is 9.49. The third-order valence-corrected chi connectivity index (χ3v) is 4.88. The first-order valence-electron chi connectivity index (χ1n) is 6.75. The smallest absolute Gasteiger partial charge is 0.0541 e. The molecule has 3 saturated carbocycles. The second-order valence-electron chi connectivity index (χ2n) is 5.95. The molecule has 3 atom stereocenters. The summed E-state index contributed by atoms with van der Waals surface area (Å²) >= 11 is 0. The molecular formula is C13H23NO. The Morgan fingerprint density at radius 1 is 0.867 bits per heavy atom. The lowest BCUT2D eigenvalue weighted by atomic mass is 9.89. The van der Waals surface area contributed by atoms with Crippen molar-refractivity contribution in [2.75, 3.05) is 0 Å². The van der Waals surface area contributed by atoms with Crippen LogP contribution in [0.2, 0.25) is 0 Å². The Hall–Kier alpha value is -0.0800. The Balaban J connectivity index is 1.49. The van der Waals surface area contributed by atoms with Crippen molar-refractivity contribution in [2.24, 2.45) is 11.8 Å². The summed E-state index contributed by atoms with van der Waals surface area (Å²) in [6.07, 6.45) is 10.3. The largest absolute Gasteiger partial charge is 0.393 e. The van der Waals surface area contributed by atoms with Crippen molar-refractivity contribution in [2.45, 2.75) is 69.6 Å². The first-order valence-corrected chi connectivity index (χ1v) is 6.75. The van der Waals surface area contributed by atoms with Crippen LogP contribution in [-0.4, -0.2) is 23.3 Å². The summed E-state index contributed by atoms with van der Waals surface area (Å²) in [6.45, 7) is 0. The van der Waals surface area contributed by atoms with Gasteiger partial charge in [-0.1, -0.05) is 6.42 Å². The third kappa shape index (κ3) is 2.07. The molecule has 15 heavy (non-hydrogen) atoms. The number of hydrogen-bond acceptors (Lipinski definition) is 2. The second kappa shape index (κ2) is 4.06. The predicted molar refractivity (Wildman–Crippen MR) is 60.6 cm³/mol. The first-order chi connectivity index (χ1) is 7.31. The second-order valence-corrected chi connectivity index (χ2v) is 5.95. The van der Waals surface area contributed by atoms with Crippen molar-refractivity contribution >= 4 is 0 Å². The zero-order valence-electron chi connectivity index (χ0n) is 9.49. The highest BCUT2D eigenvalue weighted by molar-refractivity contribution is 4.95. The van der Waals surface area contributed by atoms with E-state index in [0.717, 1.165) is 30.7 Å². The molecule has 3 rings (SSSR count). The SMILES string of the molecule is OC1CCC(N[C@@H]2C[C@H]3CC[C@@H]2C3)CC1. The van der Waals surface area contributed by atoms with E-state index in [9.17, 15) is 5.11 Å². The van der Waals surface area contributed by atoms with Crippen LogP contribution in [0.3, 0.4) is 0 Å². The molecule has 0 aromatic heterocycles. The van der Waals surface area contributed by atoms with E-state index < -0.39 is 0 Å². The predicted octanol–water partition coefficient (Wildman–Crippen LogP) is 2.07. The van der Waals surface area contributed by atoms with Crippen molar-refractivity contribution < 1.29 is 5.11 Å². The van der Waals surface area contributed by atoms with E-state index in [4.69, 9.17) is 0 Å². The molecule has 2 nitrogen and oxygen atoms in total. The number of fused-ring (bicyclic) bond motifs is 2. The molecule has 0 aromatic rings. The van der Waals surface area contributed by atoms with Crippen molar-refractivity contribution in [1.82, 2.24) is 5.32 Å². The summed E-state index contributed by atoms with van der Waals surface area (Å²) in [5, 5.41) is 13.3. The van der Waals surface area contributed by atoms with Crippen LogP contribution < -0.4 is 5.32 Å². The molecule has 3 aliphatic carbocycles. The summed E-state index contributed by atoms with van der Waals surface area (Å²) in [4.78, 5) is 0. The summed E-state index contributed by atoms with van der Waals surface area (Å²) in [5.74, 6) is 2.03. The molecule has 0 aliphatic heterocycles. The maximum atomic E-state index is 9.47. The molecule has 0 amide bonds. The molecule has 0 spiro atoms. The Morgan fingerprint density at radius 3 is 2.27 bits per heavy atom. The Bertz CT molecular complexity index is 223. The van der Waals surface area contributed by atoms with E-state index in [-0.39, 0.29) is 6.10 Å². The van der Waals surface area contributed by atoms with Crippen LogP contribution in [0.15, 0.2) is 0 Å². The molecule has 0 saturated heterocycles. The monoisotopic (exact) mass is 209 g/mol. The Kier molecular flexibility index (Phi) is 2.73. The van der Waals surface area contributed by atoms with Crippen LogP contribution in [0.1, 0.15) is 51.4 Å². The lowest BCUT2D eigenvalue weighted by Gasteiger charge is -2.32. The first kappa shape index (κ1) is 10.1. The van der Waals surface area contributed by atoms with Crippen LogP contribution in [0.4, 0.5) is 0 Å². The topological polar surface area (TPSA) is 32.3 Å². The van der Waals surface area contributed by atoms with E-state index in [2.05, 4.69) is 5.32 Å². The minimum atomic E-state index is -0.0110. The number of aliphatic hydroxyl groups is 1. The molecule has 86 valence electrons. The van der Waals surface area contributed by atoms with Crippen LogP contribution >= 0.6 is 0 Å². The van der Waals surface area contributed by atoms with Gasteiger partial charge >= 0.3 is 0 Å². The maximum Gasteiger partial charge on any atom is 0.0541 e. The van der Waals surface area contributed by atoms with Crippen molar-refractivity contribution in [1.29, 1.82) is 0 Å². The molecule has 0 heterocycles. The Morgan fingerprint density at radius 2 is 1.67 bits per heavy atom. The van der Waals surface area contributed by atoms with Gasteiger partial charge in [0.1, 0.15) is 0 Å². The minimum absolute atomic E-state index is 0.0110. The van der Waals surface area contributed by atoms with Gasteiger partial charge in [-0.25, -0.2) is 0 Å². The maximum absolute atomic E-state index is 9.47. The van der Waals surface area contributed by atoms with Crippen molar-refractivity contribution in [3.63, 3.8) is 0 Å². The summed E-state index contributed by atoms with van der Waals surface area (Å²) in [7, 11) is 0. The number of nitrogens with one attached hydrogen (secondary N) is 1.